The lowest BCUT2D eigenvalue weighted by Gasteiger charge is -2.19. The first kappa shape index (κ1) is 30.0. The van der Waals surface area contributed by atoms with Gasteiger partial charge in [-0.05, 0) is 80.9 Å². The van der Waals surface area contributed by atoms with Crippen molar-refractivity contribution in [3.63, 3.8) is 0 Å². The van der Waals surface area contributed by atoms with Crippen LogP contribution in [0, 0.1) is 0 Å². The zero-order chi connectivity index (χ0) is 30.6. The van der Waals surface area contributed by atoms with Gasteiger partial charge in [-0.3, -0.25) is 4.79 Å². The van der Waals surface area contributed by atoms with Gasteiger partial charge in [0.25, 0.3) is 10.4 Å². The molecule has 8 nitrogen and oxygen atoms in total. The number of hydrogen-bond acceptors (Lipinski definition) is 10. The third-order valence-electron chi connectivity index (χ3n) is 6.38. The zero-order valence-electron chi connectivity index (χ0n) is 24.3. The minimum atomic E-state index is -0.929. The van der Waals surface area contributed by atoms with E-state index in [-0.39, 0.29) is 5.78 Å². The average molecular weight is 615 g/mol. The van der Waals surface area contributed by atoms with Gasteiger partial charge in [0.1, 0.15) is 0 Å². The maximum Gasteiger partial charge on any atom is 0.279 e. The van der Waals surface area contributed by atoms with Gasteiger partial charge in [-0.1, -0.05) is 53.0 Å². The first-order chi connectivity index (χ1) is 20.6. The van der Waals surface area contributed by atoms with Crippen molar-refractivity contribution in [3.05, 3.63) is 96.1 Å². The van der Waals surface area contributed by atoms with Gasteiger partial charge in [0, 0.05) is 5.56 Å². The number of hydrogen-bond donors (Lipinski definition) is 1. The Labute approximate surface area is 257 Å². The van der Waals surface area contributed by atoms with Crippen LogP contribution in [0.4, 0.5) is 0 Å². The number of fused-ring (bicyclic) bond motifs is 2. The number of para-hydroxylation sites is 2. The van der Waals surface area contributed by atoms with Gasteiger partial charge in [0.05, 0.1) is 40.3 Å². The van der Waals surface area contributed by atoms with Crippen LogP contribution in [0.25, 0.3) is 20.4 Å². The molecule has 6 rings (SSSR count). The number of aliphatic hydroxyl groups is 1. The van der Waals surface area contributed by atoms with Crippen LogP contribution < -0.4 is 18.9 Å². The largest absolute Gasteiger partial charge is 0.493 e. The monoisotopic (exact) mass is 614 g/mol. The highest BCUT2D eigenvalue weighted by Crippen LogP contribution is 2.38. The summed E-state index contributed by atoms with van der Waals surface area (Å²) in [7, 11) is 3.12. The fraction of sp³-hybridized carbons (Fsp3) is 0.182. The lowest BCUT2D eigenvalue weighted by Crippen LogP contribution is -2.15. The minimum absolute atomic E-state index is 0.0140. The van der Waals surface area contributed by atoms with Crippen molar-refractivity contribution in [3.8, 4) is 33.4 Å². The van der Waals surface area contributed by atoms with Crippen molar-refractivity contribution in [1.82, 2.24) is 9.97 Å². The van der Waals surface area contributed by atoms with Gasteiger partial charge in [-0.25, -0.2) is 9.97 Å². The minimum Gasteiger partial charge on any atom is -0.493 e. The van der Waals surface area contributed by atoms with E-state index in [2.05, 4.69) is 9.97 Å². The van der Waals surface area contributed by atoms with E-state index in [0.717, 1.165) is 26.0 Å². The highest BCUT2D eigenvalue weighted by atomic mass is 32.1. The topological polar surface area (TPSA) is 100 Å². The van der Waals surface area contributed by atoms with Crippen LogP contribution in [0.2, 0.25) is 0 Å². The molecule has 0 spiro atoms. The lowest BCUT2D eigenvalue weighted by molar-refractivity contribution is 0.0782. The highest BCUT2D eigenvalue weighted by molar-refractivity contribution is 7.20. The van der Waals surface area contributed by atoms with E-state index >= 15 is 0 Å². The maximum atomic E-state index is 11.4. The van der Waals surface area contributed by atoms with Gasteiger partial charge < -0.3 is 24.1 Å². The highest BCUT2D eigenvalue weighted by Gasteiger charge is 2.19. The molecule has 2 heterocycles. The van der Waals surface area contributed by atoms with E-state index in [9.17, 15) is 9.90 Å². The summed E-state index contributed by atoms with van der Waals surface area (Å²) in [6, 6.07) is 26.2. The zero-order valence-corrected chi connectivity index (χ0v) is 25.9. The van der Waals surface area contributed by atoms with Crippen LogP contribution in [0.15, 0.2) is 84.9 Å². The van der Waals surface area contributed by atoms with Crippen LogP contribution in [0.3, 0.4) is 0 Å². The number of carbonyl (C=O) groups is 1. The Morgan fingerprint density at radius 3 is 1.65 bits per heavy atom. The Hall–Kier alpha value is -4.51. The summed E-state index contributed by atoms with van der Waals surface area (Å²) >= 11 is 2.95. The van der Waals surface area contributed by atoms with Gasteiger partial charge >= 0.3 is 0 Å². The third-order valence-corrected chi connectivity index (χ3v) is 8.21. The molecule has 0 aliphatic rings. The van der Waals surface area contributed by atoms with Gasteiger partial charge in [0.15, 0.2) is 28.8 Å². The summed E-state index contributed by atoms with van der Waals surface area (Å²) in [6.45, 7) is 4.98. The summed E-state index contributed by atoms with van der Waals surface area (Å²) in [5.74, 6) is 2.19. The second-order valence-corrected chi connectivity index (χ2v) is 11.9. The van der Waals surface area contributed by atoms with E-state index in [4.69, 9.17) is 18.9 Å². The van der Waals surface area contributed by atoms with E-state index in [0.29, 0.717) is 38.9 Å². The first-order valence-electron chi connectivity index (χ1n) is 13.3. The predicted molar refractivity (Wildman–Crippen MR) is 171 cm³/mol. The summed E-state index contributed by atoms with van der Waals surface area (Å²) in [5.41, 5.74) is 2.23. The van der Waals surface area contributed by atoms with Gasteiger partial charge in [-0.2, -0.15) is 0 Å². The fourth-order valence-corrected chi connectivity index (χ4v) is 5.74. The molecule has 4 aromatic carbocycles. The summed E-state index contributed by atoms with van der Waals surface area (Å²) in [4.78, 5) is 20.3. The number of rotatable bonds is 8. The van der Waals surface area contributed by atoms with E-state index in [1.165, 1.54) is 29.6 Å². The molecule has 0 unspecified atom stereocenters. The molecule has 0 aliphatic carbocycles. The first-order valence-corrected chi connectivity index (χ1v) is 14.9. The molecule has 0 saturated heterocycles. The maximum absolute atomic E-state index is 11.4. The molecule has 220 valence electrons. The molecule has 0 atom stereocenters. The molecule has 6 aromatic rings. The molecule has 0 saturated carbocycles. The Kier molecular flexibility index (Phi) is 8.91. The van der Waals surface area contributed by atoms with Crippen molar-refractivity contribution < 1.29 is 28.8 Å². The molecule has 0 fully saturated rings. The van der Waals surface area contributed by atoms with E-state index in [1.54, 1.807) is 58.4 Å². The molecule has 0 aliphatic heterocycles. The fourth-order valence-electron chi connectivity index (χ4n) is 4.08. The SMILES string of the molecule is COc1cc(C(C)(C)O)ccc1Oc1nc2ccccc2s1.COc1cc(C(C)=O)ccc1Oc1nc2ccccc2s1. The third kappa shape index (κ3) is 7.11. The van der Waals surface area contributed by atoms with Crippen LogP contribution >= 0.6 is 22.7 Å². The standard InChI is InChI=1S/C17H17NO3S.C16H13NO3S/c1-17(2,19)11-8-9-13(14(10-11)20-3)21-16-18-12-6-4-5-7-15(12)22-16;1-10(18)11-7-8-13(14(9-11)19-2)20-16-17-12-5-3-4-6-15(12)21-16/h4-10,19H,1-3H3;3-9H,1-2H3. The van der Waals surface area contributed by atoms with Crippen LogP contribution in [-0.2, 0) is 5.60 Å². The molecule has 2 aromatic heterocycles. The number of ketones is 1. The molecule has 43 heavy (non-hydrogen) atoms. The van der Waals surface area contributed by atoms with Crippen molar-refractivity contribution in [2.45, 2.75) is 26.4 Å². The number of carbonyl (C=O) groups excluding carboxylic acids is 1. The molecule has 0 amide bonds. The van der Waals surface area contributed by atoms with E-state index in [1.807, 2.05) is 54.6 Å². The number of thiazole rings is 2. The van der Waals surface area contributed by atoms with Crippen molar-refractivity contribution >= 4 is 48.9 Å². The van der Waals surface area contributed by atoms with Crippen LogP contribution in [0.5, 0.6) is 33.4 Å². The summed E-state index contributed by atoms with van der Waals surface area (Å²) in [5, 5.41) is 11.2. The van der Waals surface area contributed by atoms with Crippen molar-refractivity contribution in [1.29, 1.82) is 0 Å². The molecular formula is C33H30N2O6S2. The molecule has 10 heteroatoms. The molecule has 1 N–H and O–H groups in total. The number of benzene rings is 4. The van der Waals surface area contributed by atoms with Gasteiger partial charge in [-0.15, -0.1) is 0 Å². The number of nitrogens with zero attached hydrogens (tertiary/aromatic N) is 2. The number of methoxy groups -OCH3 is 2. The molecule has 0 bridgehead atoms. The summed E-state index contributed by atoms with van der Waals surface area (Å²) < 4.78 is 24.4. The summed E-state index contributed by atoms with van der Waals surface area (Å²) in [6.07, 6.45) is 0. The number of ether oxygens (including phenoxy) is 4. The van der Waals surface area contributed by atoms with Crippen molar-refractivity contribution in [2.75, 3.05) is 14.2 Å². The number of Topliss-reactive ketones (excluding diaryl/α,β-unsaturated/α-hetero) is 1. The quantitative estimate of drug-likeness (QED) is 0.170. The molecule has 0 radical (unpaired) electrons. The predicted octanol–water partition coefficient (Wildman–Crippen LogP) is 8.62. The second-order valence-electron chi connectivity index (χ2n) is 9.95. The normalized spacial score (nSPS) is 11.1. The number of aromatic nitrogens is 2. The smallest absolute Gasteiger partial charge is 0.279 e. The van der Waals surface area contributed by atoms with Crippen LogP contribution in [-0.4, -0.2) is 35.1 Å². The van der Waals surface area contributed by atoms with Crippen LogP contribution in [0.1, 0.15) is 36.7 Å². The Balaban J connectivity index is 0.000000171. The Morgan fingerprint density at radius 2 is 1.19 bits per heavy atom. The Bertz CT molecular complexity index is 1820. The van der Waals surface area contributed by atoms with Gasteiger partial charge in [0.2, 0.25) is 0 Å². The average Bonchev–Trinajstić information content (AvgIpc) is 3.60. The Morgan fingerprint density at radius 1 is 0.698 bits per heavy atom. The molecular weight excluding hydrogens is 585 g/mol. The second kappa shape index (κ2) is 12.8. The van der Waals surface area contributed by atoms with E-state index < -0.39 is 5.60 Å². The lowest BCUT2D eigenvalue weighted by atomic mass is 9.98. The van der Waals surface area contributed by atoms with Crippen molar-refractivity contribution in [2.24, 2.45) is 0 Å².